The standard InChI is InChI=1S/C17H23F3N6/c18-16(19,20)13-3-1-4-14(11-13)17(21)24-7-5-15(25-17)23-6-2-9-26-10-8-22-12-26/h1,3-5,7,11,22-23,25H,2,6,8-10,12,21H2. The van der Waals surface area contributed by atoms with Gasteiger partial charge in [-0.3, -0.25) is 10.6 Å². The van der Waals surface area contributed by atoms with Gasteiger partial charge in [-0.25, -0.2) is 4.99 Å². The molecule has 1 aromatic rings. The van der Waals surface area contributed by atoms with Gasteiger partial charge >= 0.3 is 6.18 Å². The molecule has 1 aromatic carbocycles. The number of nitrogens with two attached hydrogens (primary N) is 1. The summed E-state index contributed by atoms with van der Waals surface area (Å²) in [6, 6.07) is 4.90. The minimum atomic E-state index is -4.42. The Morgan fingerprint density at radius 3 is 2.92 bits per heavy atom. The molecule has 0 bridgehead atoms. The molecule has 0 aromatic heterocycles. The van der Waals surface area contributed by atoms with E-state index in [2.05, 4.69) is 25.8 Å². The van der Waals surface area contributed by atoms with Crippen molar-refractivity contribution in [2.75, 3.05) is 32.8 Å². The van der Waals surface area contributed by atoms with E-state index in [9.17, 15) is 13.2 Å². The molecule has 0 radical (unpaired) electrons. The molecule has 1 unspecified atom stereocenters. The number of alkyl halides is 3. The van der Waals surface area contributed by atoms with Gasteiger partial charge in [0.05, 0.1) is 5.56 Å². The second-order valence-electron chi connectivity index (χ2n) is 6.38. The van der Waals surface area contributed by atoms with Crippen LogP contribution in [0.3, 0.4) is 0 Å². The lowest BCUT2D eigenvalue weighted by Crippen LogP contribution is -2.52. The van der Waals surface area contributed by atoms with Gasteiger partial charge in [-0.2, -0.15) is 13.2 Å². The zero-order valence-corrected chi connectivity index (χ0v) is 14.3. The van der Waals surface area contributed by atoms with Crippen molar-refractivity contribution >= 4 is 6.21 Å². The fraction of sp³-hybridized carbons (Fsp3) is 0.471. The van der Waals surface area contributed by atoms with Crippen LogP contribution in [0.4, 0.5) is 13.2 Å². The summed E-state index contributed by atoms with van der Waals surface area (Å²) in [6.45, 7) is 4.68. The lowest BCUT2D eigenvalue weighted by atomic mass is 10.0. The quantitative estimate of drug-likeness (QED) is 0.567. The largest absolute Gasteiger partial charge is 0.416 e. The number of hydrogen-bond donors (Lipinski definition) is 4. The summed E-state index contributed by atoms with van der Waals surface area (Å²) in [5.74, 6) is -0.795. The highest BCUT2D eigenvalue weighted by Crippen LogP contribution is 2.31. The Kier molecular flexibility index (Phi) is 5.49. The van der Waals surface area contributed by atoms with Crippen molar-refractivity contribution in [2.45, 2.75) is 18.4 Å². The summed E-state index contributed by atoms with van der Waals surface area (Å²) in [5.41, 5.74) is 5.71. The monoisotopic (exact) mass is 368 g/mol. The van der Waals surface area contributed by atoms with Gasteiger partial charge in [-0.15, -0.1) is 0 Å². The van der Waals surface area contributed by atoms with Crippen molar-refractivity contribution in [2.24, 2.45) is 10.7 Å². The Labute approximate surface area is 150 Å². The summed E-state index contributed by atoms with van der Waals surface area (Å²) in [5, 5.41) is 9.49. The van der Waals surface area contributed by atoms with Gasteiger partial charge in [-0.1, -0.05) is 12.1 Å². The van der Waals surface area contributed by atoms with E-state index in [1.54, 1.807) is 6.08 Å². The van der Waals surface area contributed by atoms with E-state index in [-0.39, 0.29) is 5.56 Å². The van der Waals surface area contributed by atoms with Gasteiger partial charge in [0, 0.05) is 44.6 Å². The van der Waals surface area contributed by atoms with Crippen LogP contribution in [-0.2, 0) is 12.0 Å². The van der Waals surface area contributed by atoms with Crippen molar-refractivity contribution in [3.63, 3.8) is 0 Å². The number of rotatable bonds is 6. The molecule has 6 nitrogen and oxygen atoms in total. The molecule has 1 fully saturated rings. The summed E-state index contributed by atoms with van der Waals surface area (Å²) >= 11 is 0. The van der Waals surface area contributed by atoms with Crippen LogP contribution in [-0.4, -0.2) is 44.0 Å². The van der Waals surface area contributed by atoms with Gasteiger partial charge < -0.3 is 16.0 Å². The third-order valence-corrected chi connectivity index (χ3v) is 4.38. The molecule has 2 aliphatic heterocycles. The first-order valence-electron chi connectivity index (χ1n) is 8.54. The van der Waals surface area contributed by atoms with Crippen molar-refractivity contribution in [3.8, 4) is 0 Å². The van der Waals surface area contributed by atoms with Crippen LogP contribution >= 0.6 is 0 Å². The first kappa shape index (κ1) is 18.7. The van der Waals surface area contributed by atoms with Crippen LogP contribution in [0.1, 0.15) is 17.5 Å². The Bertz CT molecular complexity index is 681. The van der Waals surface area contributed by atoms with E-state index in [1.165, 1.54) is 18.3 Å². The number of hydrogen-bond acceptors (Lipinski definition) is 6. The molecular weight excluding hydrogens is 345 g/mol. The lowest BCUT2D eigenvalue weighted by molar-refractivity contribution is -0.137. The molecule has 2 aliphatic rings. The second-order valence-corrected chi connectivity index (χ2v) is 6.38. The topological polar surface area (TPSA) is 77.7 Å². The Morgan fingerprint density at radius 1 is 1.35 bits per heavy atom. The number of halogens is 3. The van der Waals surface area contributed by atoms with Crippen LogP contribution < -0.4 is 21.7 Å². The number of allylic oxidation sites excluding steroid dienone is 1. The molecule has 9 heteroatoms. The van der Waals surface area contributed by atoms with Gasteiger partial charge in [0.15, 0.2) is 0 Å². The van der Waals surface area contributed by atoms with Gasteiger partial charge in [-0.05, 0) is 24.6 Å². The molecule has 5 N–H and O–H groups in total. The molecule has 2 heterocycles. The molecule has 1 saturated heterocycles. The van der Waals surface area contributed by atoms with Gasteiger partial charge in [0.2, 0.25) is 5.79 Å². The van der Waals surface area contributed by atoms with Crippen LogP contribution in [0.5, 0.6) is 0 Å². The minimum Gasteiger partial charge on any atom is -0.372 e. The van der Waals surface area contributed by atoms with Crippen LogP contribution in [0, 0.1) is 0 Å². The number of aliphatic imine (C=N–C) groups is 1. The minimum absolute atomic E-state index is 0.249. The highest BCUT2D eigenvalue weighted by Gasteiger charge is 2.34. The Balaban J connectivity index is 1.58. The van der Waals surface area contributed by atoms with Crippen molar-refractivity contribution in [3.05, 3.63) is 47.3 Å². The van der Waals surface area contributed by atoms with E-state index in [4.69, 9.17) is 5.73 Å². The SMILES string of the molecule is NC1(c2cccc(C(F)(F)F)c2)N=CC=C(NCCCN2CCNC2)N1. The van der Waals surface area contributed by atoms with E-state index < -0.39 is 17.5 Å². The molecule has 3 rings (SSSR count). The van der Waals surface area contributed by atoms with E-state index in [0.717, 1.165) is 51.4 Å². The smallest absolute Gasteiger partial charge is 0.372 e. The van der Waals surface area contributed by atoms with Gasteiger partial charge in [0.25, 0.3) is 0 Å². The summed E-state index contributed by atoms with van der Waals surface area (Å²) in [7, 11) is 0. The molecule has 142 valence electrons. The zero-order valence-electron chi connectivity index (χ0n) is 14.3. The highest BCUT2D eigenvalue weighted by molar-refractivity contribution is 5.73. The predicted octanol–water partition coefficient (Wildman–Crippen LogP) is 1.13. The van der Waals surface area contributed by atoms with E-state index in [1.807, 2.05) is 0 Å². The number of nitrogens with one attached hydrogen (secondary N) is 3. The number of benzene rings is 1. The highest BCUT2D eigenvalue weighted by atomic mass is 19.4. The first-order chi connectivity index (χ1) is 12.4. The number of nitrogens with zero attached hydrogens (tertiary/aromatic N) is 2. The second kappa shape index (κ2) is 7.65. The van der Waals surface area contributed by atoms with Crippen molar-refractivity contribution < 1.29 is 13.2 Å². The zero-order chi connectivity index (χ0) is 18.6. The molecule has 0 spiro atoms. The van der Waals surface area contributed by atoms with Gasteiger partial charge in [0.1, 0.15) is 5.82 Å². The first-order valence-corrected chi connectivity index (χ1v) is 8.54. The van der Waals surface area contributed by atoms with Crippen LogP contribution in [0.2, 0.25) is 0 Å². The average molecular weight is 368 g/mol. The summed E-state index contributed by atoms with van der Waals surface area (Å²) in [6.07, 6.45) is -0.259. The predicted molar refractivity (Wildman–Crippen MR) is 94.1 cm³/mol. The fourth-order valence-electron chi connectivity index (χ4n) is 2.96. The molecule has 1 atom stereocenters. The summed E-state index contributed by atoms with van der Waals surface area (Å²) < 4.78 is 38.8. The third-order valence-electron chi connectivity index (χ3n) is 4.38. The van der Waals surface area contributed by atoms with Crippen LogP contribution in [0.25, 0.3) is 0 Å². The fourth-order valence-corrected chi connectivity index (χ4v) is 2.96. The lowest BCUT2D eigenvalue weighted by Gasteiger charge is -2.32. The average Bonchev–Trinajstić information content (AvgIpc) is 3.12. The third kappa shape index (κ3) is 4.54. The maximum Gasteiger partial charge on any atom is 0.416 e. The van der Waals surface area contributed by atoms with Crippen molar-refractivity contribution in [1.29, 1.82) is 0 Å². The maximum absolute atomic E-state index is 12.9. The van der Waals surface area contributed by atoms with Crippen LogP contribution in [0.15, 0.2) is 41.2 Å². The maximum atomic E-state index is 12.9. The van der Waals surface area contributed by atoms with E-state index >= 15 is 0 Å². The molecule has 0 saturated carbocycles. The Hall–Kier alpha value is -2.10. The Morgan fingerprint density at radius 2 is 2.19 bits per heavy atom. The normalized spacial score (nSPS) is 23.6. The molecule has 26 heavy (non-hydrogen) atoms. The summed E-state index contributed by atoms with van der Waals surface area (Å²) in [4.78, 5) is 6.46. The van der Waals surface area contributed by atoms with E-state index in [0.29, 0.717) is 5.82 Å². The van der Waals surface area contributed by atoms with Crippen molar-refractivity contribution in [1.82, 2.24) is 20.9 Å². The molecule has 0 aliphatic carbocycles. The molecule has 0 amide bonds. The molecular formula is C17H23F3N6.